The van der Waals surface area contributed by atoms with Crippen LogP contribution in [0, 0.1) is 5.92 Å². The molecular weight excluding hydrogens is 230 g/mol. The first-order valence-electron chi connectivity index (χ1n) is 5.36. The Morgan fingerprint density at radius 3 is 2.40 bits per heavy atom. The van der Waals surface area contributed by atoms with Crippen LogP contribution in [0.1, 0.15) is 19.8 Å². The van der Waals surface area contributed by atoms with Crippen LogP contribution in [0.2, 0.25) is 0 Å². The first-order valence-corrected chi connectivity index (χ1v) is 8.05. The van der Waals surface area contributed by atoms with Gasteiger partial charge in [0.05, 0.1) is 5.75 Å². The summed E-state index contributed by atoms with van der Waals surface area (Å²) in [5.41, 5.74) is 0. The Hall–Kier alpha value is 0.260. The Kier molecular flexibility index (Phi) is 7.65. The van der Waals surface area contributed by atoms with E-state index in [1.807, 2.05) is 7.05 Å². The number of rotatable bonds is 8. The molecule has 0 rings (SSSR count). The molecule has 0 aromatic rings. The minimum atomic E-state index is -2.83. The lowest BCUT2D eigenvalue weighted by molar-refractivity contribution is 0.293. The third-order valence-corrected chi connectivity index (χ3v) is 3.81. The van der Waals surface area contributed by atoms with Crippen molar-refractivity contribution >= 4 is 22.5 Å². The van der Waals surface area contributed by atoms with E-state index in [1.54, 1.807) is 0 Å². The molecule has 0 aromatic heterocycles. The molecule has 1 atom stereocenters. The van der Waals surface area contributed by atoms with E-state index >= 15 is 0 Å². The smallest absolute Gasteiger partial charge is 0.148 e. The van der Waals surface area contributed by atoms with Crippen LogP contribution in [-0.4, -0.2) is 51.2 Å². The van der Waals surface area contributed by atoms with Crippen LogP contribution in [0.25, 0.3) is 0 Å². The highest BCUT2D eigenvalue weighted by molar-refractivity contribution is 7.90. The molecule has 0 fully saturated rings. The minimum Gasteiger partial charge on any atom is -0.305 e. The molecule has 0 aliphatic rings. The van der Waals surface area contributed by atoms with Crippen LogP contribution in [0.4, 0.5) is 0 Å². The van der Waals surface area contributed by atoms with Crippen molar-refractivity contribution in [1.82, 2.24) is 4.90 Å². The van der Waals surface area contributed by atoms with Gasteiger partial charge < -0.3 is 4.90 Å². The van der Waals surface area contributed by atoms with Crippen molar-refractivity contribution in [3.05, 3.63) is 0 Å². The predicted octanol–water partition coefficient (Wildman–Crippen LogP) is 1.31. The van der Waals surface area contributed by atoms with Gasteiger partial charge in [-0.05, 0) is 25.1 Å². The molecule has 5 heteroatoms. The predicted molar refractivity (Wildman–Crippen MR) is 69.5 cm³/mol. The van der Waals surface area contributed by atoms with Gasteiger partial charge in [0, 0.05) is 19.3 Å². The van der Waals surface area contributed by atoms with Crippen LogP contribution in [0.5, 0.6) is 0 Å². The summed E-state index contributed by atoms with van der Waals surface area (Å²) in [6.07, 6.45) is 3.60. The van der Waals surface area contributed by atoms with Gasteiger partial charge in [0.1, 0.15) is 9.84 Å². The number of hydrogen-bond donors (Lipinski definition) is 1. The van der Waals surface area contributed by atoms with Gasteiger partial charge in [0.25, 0.3) is 0 Å². The highest BCUT2D eigenvalue weighted by atomic mass is 32.2. The Bertz CT molecular complexity index is 252. The van der Waals surface area contributed by atoms with Crippen molar-refractivity contribution in [2.45, 2.75) is 19.8 Å². The Morgan fingerprint density at radius 1 is 1.40 bits per heavy atom. The molecule has 0 aliphatic carbocycles. The SMILES string of the molecule is CCCC(CS)CN(C)CCS(C)(=O)=O. The second kappa shape index (κ2) is 7.52. The van der Waals surface area contributed by atoms with E-state index in [-0.39, 0.29) is 5.75 Å². The molecule has 0 saturated heterocycles. The second-order valence-corrected chi connectivity index (χ2v) is 6.85. The molecule has 0 aromatic carbocycles. The van der Waals surface area contributed by atoms with Gasteiger partial charge in [-0.15, -0.1) is 0 Å². The third-order valence-electron chi connectivity index (χ3n) is 2.37. The van der Waals surface area contributed by atoms with Crippen LogP contribution in [-0.2, 0) is 9.84 Å². The Balaban J connectivity index is 3.85. The molecule has 0 heterocycles. The standard InChI is InChI=1S/C10H23NO2S2/c1-4-5-10(9-14)8-11(2)6-7-15(3,12)13/h10,14H,4-9H2,1-3H3. The number of sulfone groups is 1. The van der Waals surface area contributed by atoms with Crippen molar-refractivity contribution in [2.24, 2.45) is 5.92 Å². The van der Waals surface area contributed by atoms with E-state index in [1.165, 1.54) is 6.26 Å². The maximum absolute atomic E-state index is 11.0. The molecule has 0 spiro atoms. The minimum absolute atomic E-state index is 0.245. The molecule has 92 valence electrons. The zero-order chi connectivity index (χ0) is 11.9. The maximum Gasteiger partial charge on any atom is 0.148 e. The van der Waals surface area contributed by atoms with Gasteiger partial charge in [-0.1, -0.05) is 13.3 Å². The second-order valence-electron chi connectivity index (χ2n) is 4.23. The van der Waals surface area contributed by atoms with Crippen molar-refractivity contribution < 1.29 is 8.42 Å². The zero-order valence-electron chi connectivity index (χ0n) is 9.94. The van der Waals surface area contributed by atoms with Crippen molar-refractivity contribution in [3.8, 4) is 0 Å². The van der Waals surface area contributed by atoms with Crippen LogP contribution in [0.15, 0.2) is 0 Å². The molecule has 0 amide bonds. The summed E-state index contributed by atoms with van der Waals surface area (Å²) in [6, 6.07) is 0. The van der Waals surface area contributed by atoms with E-state index in [4.69, 9.17) is 0 Å². The Labute approximate surface area is 99.6 Å². The van der Waals surface area contributed by atoms with Gasteiger partial charge >= 0.3 is 0 Å². The van der Waals surface area contributed by atoms with Crippen LogP contribution < -0.4 is 0 Å². The lowest BCUT2D eigenvalue weighted by Gasteiger charge is -2.22. The first kappa shape index (κ1) is 15.3. The summed E-state index contributed by atoms with van der Waals surface area (Å²) < 4.78 is 21.9. The van der Waals surface area contributed by atoms with E-state index in [0.29, 0.717) is 12.5 Å². The lowest BCUT2D eigenvalue weighted by atomic mass is 10.1. The van der Waals surface area contributed by atoms with Gasteiger partial charge in [-0.25, -0.2) is 8.42 Å². The fourth-order valence-electron chi connectivity index (χ4n) is 1.50. The highest BCUT2D eigenvalue weighted by Crippen LogP contribution is 2.09. The largest absolute Gasteiger partial charge is 0.305 e. The van der Waals surface area contributed by atoms with Crippen molar-refractivity contribution in [2.75, 3.05) is 37.9 Å². The van der Waals surface area contributed by atoms with E-state index in [2.05, 4.69) is 24.5 Å². The summed E-state index contributed by atoms with van der Waals surface area (Å²) in [5.74, 6) is 1.69. The van der Waals surface area contributed by atoms with Crippen LogP contribution in [0.3, 0.4) is 0 Å². The van der Waals surface area contributed by atoms with E-state index in [9.17, 15) is 8.42 Å². The summed E-state index contributed by atoms with van der Waals surface area (Å²) in [4.78, 5) is 2.08. The molecule has 15 heavy (non-hydrogen) atoms. The number of hydrogen-bond acceptors (Lipinski definition) is 4. The quantitative estimate of drug-likeness (QED) is 0.663. The summed E-state index contributed by atoms with van der Waals surface area (Å²) in [7, 11) is -0.865. The van der Waals surface area contributed by atoms with Gasteiger partial charge in [0.15, 0.2) is 0 Å². The molecular formula is C10H23NO2S2. The van der Waals surface area contributed by atoms with Crippen LogP contribution >= 0.6 is 12.6 Å². The van der Waals surface area contributed by atoms with Gasteiger partial charge in [0.2, 0.25) is 0 Å². The molecule has 1 unspecified atom stereocenters. The summed E-state index contributed by atoms with van der Waals surface area (Å²) in [6.45, 7) is 3.71. The van der Waals surface area contributed by atoms with Crippen molar-refractivity contribution in [3.63, 3.8) is 0 Å². The number of thiol groups is 1. The lowest BCUT2D eigenvalue weighted by Crippen LogP contribution is -2.30. The number of nitrogens with zero attached hydrogens (tertiary/aromatic N) is 1. The average Bonchev–Trinajstić information content (AvgIpc) is 2.13. The highest BCUT2D eigenvalue weighted by Gasteiger charge is 2.11. The molecule has 3 nitrogen and oxygen atoms in total. The normalized spacial score (nSPS) is 14.5. The Morgan fingerprint density at radius 2 is 2.00 bits per heavy atom. The topological polar surface area (TPSA) is 37.4 Å². The van der Waals surface area contributed by atoms with Gasteiger partial charge in [-0.3, -0.25) is 0 Å². The van der Waals surface area contributed by atoms with Gasteiger partial charge in [-0.2, -0.15) is 12.6 Å². The monoisotopic (exact) mass is 253 g/mol. The fraction of sp³-hybridized carbons (Fsp3) is 1.00. The first-order chi connectivity index (χ1) is 6.89. The summed E-state index contributed by atoms with van der Waals surface area (Å²) >= 11 is 4.30. The molecule has 0 radical (unpaired) electrons. The fourth-order valence-corrected chi connectivity index (χ4v) is 2.44. The average molecular weight is 253 g/mol. The zero-order valence-corrected chi connectivity index (χ0v) is 11.7. The summed E-state index contributed by atoms with van der Waals surface area (Å²) in [5, 5.41) is 0. The molecule has 0 bridgehead atoms. The third kappa shape index (κ3) is 9.20. The maximum atomic E-state index is 11.0. The molecule has 0 aliphatic heterocycles. The van der Waals surface area contributed by atoms with Crippen molar-refractivity contribution in [1.29, 1.82) is 0 Å². The molecule has 0 N–H and O–H groups in total. The molecule has 0 saturated carbocycles. The van der Waals surface area contributed by atoms with E-state index < -0.39 is 9.84 Å². The van der Waals surface area contributed by atoms with E-state index in [0.717, 1.165) is 25.1 Å².